The Balaban J connectivity index is 1.83. The summed E-state index contributed by atoms with van der Waals surface area (Å²) in [6.07, 6.45) is 1.07. The molecule has 0 spiro atoms. The van der Waals surface area contributed by atoms with Gasteiger partial charge in [0.2, 0.25) is 5.91 Å². The number of amides is 2. The van der Waals surface area contributed by atoms with Crippen molar-refractivity contribution in [3.05, 3.63) is 39.3 Å². The number of rotatable bonds is 8. The first-order chi connectivity index (χ1) is 17.3. The Morgan fingerprint density at radius 2 is 2.03 bits per heavy atom. The Morgan fingerprint density at radius 1 is 1.32 bits per heavy atom. The van der Waals surface area contributed by atoms with Crippen LogP contribution in [-0.2, 0) is 11.8 Å². The van der Waals surface area contributed by atoms with Gasteiger partial charge >= 0.3 is 0 Å². The number of aromatic nitrogens is 2. The summed E-state index contributed by atoms with van der Waals surface area (Å²) in [7, 11) is 3.33. The standard InChI is InChI=1S/C26H33FN4O5S/c1-13(2)28-24(33)17-9-15-16(11-30(5)25(34)21(15)29-17)22-18(10-19(37-22)23(27)26(3,4)35)36-12-14-7-8-20(32)31(14)6/h9-11,13-14,23,29,35H,7-8,12H2,1-6H3,(H,28,33). The van der Waals surface area contributed by atoms with E-state index in [1.165, 1.54) is 18.4 Å². The first kappa shape index (κ1) is 26.9. The van der Waals surface area contributed by atoms with E-state index < -0.39 is 11.8 Å². The summed E-state index contributed by atoms with van der Waals surface area (Å²) >= 11 is 1.12. The molecule has 3 aromatic rings. The third kappa shape index (κ3) is 5.28. The van der Waals surface area contributed by atoms with E-state index in [1.807, 2.05) is 13.8 Å². The minimum atomic E-state index is -1.68. The smallest absolute Gasteiger partial charge is 0.274 e. The lowest BCUT2D eigenvalue weighted by molar-refractivity contribution is -0.127. The normalized spacial score (nSPS) is 17.2. The predicted molar refractivity (Wildman–Crippen MR) is 141 cm³/mol. The molecule has 2 unspecified atom stereocenters. The number of carbonyl (C=O) groups is 2. The fourth-order valence-corrected chi connectivity index (χ4v) is 5.67. The maximum atomic E-state index is 15.2. The number of ether oxygens (including phenoxy) is 1. The third-order valence-corrected chi connectivity index (χ3v) is 7.71. The summed E-state index contributed by atoms with van der Waals surface area (Å²) in [6, 6.07) is 2.97. The summed E-state index contributed by atoms with van der Waals surface area (Å²) in [6.45, 7) is 6.69. The van der Waals surface area contributed by atoms with E-state index in [-0.39, 0.29) is 52.2 Å². The number of fused-ring (bicyclic) bond motifs is 1. The number of H-pyrrole nitrogens is 1. The number of halogens is 1. The summed E-state index contributed by atoms with van der Waals surface area (Å²) < 4.78 is 22.8. The quantitative estimate of drug-likeness (QED) is 0.411. The van der Waals surface area contributed by atoms with E-state index in [1.54, 1.807) is 37.3 Å². The highest BCUT2D eigenvalue weighted by atomic mass is 32.1. The van der Waals surface area contributed by atoms with Gasteiger partial charge in [-0.1, -0.05) is 0 Å². The SMILES string of the molecule is CC(C)NC(=O)c1cc2c(-c3sc(C(F)C(C)(C)O)cc3OCC3CCC(=O)N3C)cn(C)c(=O)c2[nH]1. The topological polar surface area (TPSA) is 117 Å². The first-order valence-corrected chi connectivity index (χ1v) is 13.0. The van der Waals surface area contributed by atoms with Gasteiger partial charge in [-0.05, 0) is 46.2 Å². The van der Waals surface area contributed by atoms with E-state index >= 15 is 4.39 Å². The van der Waals surface area contributed by atoms with Crippen molar-refractivity contribution < 1.29 is 23.8 Å². The van der Waals surface area contributed by atoms with Gasteiger partial charge in [-0.25, -0.2) is 4.39 Å². The van der Waals surface area contributed by atoms with Gasteiger partial charge in [-0.2, -0.15) is 0 Å². The van der Waals surface area contributed by atoms with Crippen molar-refractivity contribution in [1.82, 2.24) is 19.8 Å². The monoisotopic (exact) mass is 532 g/mol. The number of likely N-dealkylation sites (tertiary alicyclic amines) is 1. The van der Waals surface area contributed by atoms with Crippen LogP contribution in [0, 0.1) is 0 Å². The van der Waals surface area contributed by atoms with Crippen molar-refractivity contribution in [2.24, 2.45) is 7.05 Å². The van der Waals surface area contributed by atoms with Crippen LogP contribution in [0.4, 0.5) is 4.39 Å². The number of carbonyl (C=O) groups excluding carboxylic acids is 2. The molecule has 4 heterocycles. The van der Waals surface area contributed by atoms with Crippen molar-refractivity contribution in [3.8, 4) is 16.2 Å². The molecule has 1 saturated heterocycles. The predicted octanol–water partition coefficient (Wildman–Crippen LogP) is 3.51. The molecule has 0 radical (unpaired) electrons. The molecule has 1 aliphatic rings. The van der Waals surface area contributed by atoms with Gasteiger partial charge in [-0.3, -0.25) is 14.4 Å². The molecule has 9 nitrogen and oxygen atoms in total. The van der Waals surface area contributed by atoms with Crippen molar-refractivity contribution >= 4 is 34.1 Å². The van der Waals surface area contributed by atoms with E-state index in [9.17, 15) is 19.5 Å². The second kappa shape index (κ2) is 9.94. The molecule has 200 valence electrons. The van der Waals surface area contributed by atoms with Crippen molar-refractivity contribution in [2.45, 2.75) is 64.4 Å². The number of aromatic amines is 1. The number of hydrogen-bond donors (Lipinski definition) is 3. The number of nitrogens with one attached hydrogen (secondary N) is 2. The van der Waals surface area contributed by atoms with Crippen LogP contribution in [0.25, 0.3) is 21.3 Å². The Labute approximate surface area is 218 Å². The van der Waals surface area contributed by atoms with Gasteiger partial charge in [-0.15, -0.1) is 11.3 Å². The molecular weight excluding hydrogens is 499 g/mol. The lowest BCUT2D eigenvalue weighted by Crippen LogP contribution is -2.33. The molecule has 1 aliphatic heterocycles. The Hall–Kier alpha value is -3.18. The van der Waals surface area contributed by atoms with Crippen LogP contribution >= 0.6 is 11.3 Å². The second-order valence-corrected chi connectivity index (χ2v) is 11.5. The lowest BCUT2D eigenvalue weighted by Gasteiger charge is -2.21. The molecule has 2 amide bonds. The molecule has 37 heavy (non-hydrogen) atoms. The van der Waals surface area contributed by atoms with Crippen LogP contribution in [0.15, 0.2) is 23.1 Å². The molecule has 0 saturated carbocycles. The Kier molecular flexibility index (Phi) is 7.22. The zero-order valence-corrected chi connectivity index (χ0v) is 22.7. The molecule has 1 fully saturated rings. The number of nitrogens with zero attached hydrogens (tertiary/aromatic N) is 2. The minimum absolute atomic E-state index is 0.0463. The molecule has 3 aromatic heterocycles. The van der Waals surface area contributed by atoms with Crippen molar-refractivity contribution in [3.63, 3.8) is 0 Å². The van der Waals surface area contributed by atoms with Crippen LogP contribution in [0.2, 0.25) is 0 Å². The lowest BCUT2D eigenvalue weighted by atomic mass is 10.0. The molecule has 2 atom stereocenters. The van der Waals surface area contributed by atoms with Crippen LogP contribution in [-0.4, -0.2) is 62.7 Å². The number of hydrogen-bond acceptors (Lipinski definition) is 6. The number of thiophene rings is 1. The second-order valence-electron chi connectivity index (χ2n) is 10.4. The van der Waals surface area contributed by atoms with Crippen molar-refractivity contribution in [1.29, 1.82) is 0 Å². The maximum absolute atomic E-state index is 15.2. The van der Waals surface area contributed by atoms with Gasteiger partial charge in [0.25, 0.3) is 11.5 Å². The summed E-state index contributed by atoms with van der Waals surface area (Å²) in [5.74, 6) is 0.0845. The summed E-state index contributed by atoms with van der Waals surface area (Å²) in [5.41, 5.74) is -0.866. The summed E-state index contributed by atoms with van der Waals surface area (Å²) in [5, 5.41) is 13.6. The molecule has 11 heteroatoms. The van der Waals surface area contributed by atoms with Gasteiger partial charge in [0.05, 0.1) is 16.5 Å². The zero-order chi connectivity index (χ0) is 27.2. The van der Waals surface area contributed by atoms with Gasteiger partial charge in [0, 0.05) is 48.6 Å². The highest BCUT2D eigenvalue weighted by Gasteiger charge is 2.33. The van der Waals surface area contributed by atoms with Crippen LogP contribution in [0.3, 0.4) is 0 Å². The average Bonchev–Trinajstić information content (AvgIpc) is 3.52. The maximum Gasteiger partial charge on any atom is 0.274 e. The first-order valence-electron chi connectivity index (χ1n) is 12.2. The molecule has 0 aromatic carbocycles. The molecule has 4 rings (SSSR count). The third-order valence-electron chi connectivity index (χ3n) is 6.52. The minimum Gasteiger partial charge on any atom is -0.490 e. The average molecular weight is 533 g/mol. The van der Waals surface area contributed by atoms with E-state index in [0.29, 0.717) is 34.4 Å². The number of aryl methyl sites for hydroxylation is 1. The number of pyridine rings is 1. The number of likely N-dealkylation sites (N-methyl/N-ethyl adjacent to an activating group) is 1. The number of alkyl halides is 1. The molecule has 0 aliphatic carbocycles. The molecular formula is C26H33FN4O5S. The molecule has 3 N–H and O–H groups in total. The fourth-order valence-electron chi connectivity index (χ4n) is 4.38. The van der Waals surface area contributed by atoms with Crippen molar-refractivity contribution in [2.75, 3.05) is 13.7 Å². The molecule has 0 bridgehead atoms. The zero-order valence-electron chi connectivity index (χ0n) is 21.8. The van der Waals surface area contributed by atoms with E-state index in [0.717, 1.165) is 11.3 Å². The van der Waals surface area contributed by atoms with Crippen LogP contribution < -0.4 is 15.6 Å². The van der Waals surface area contributed by atoms with Gasteiger partial charge < -0.3 is 29.6 Å². The highest BCUT2D eigenvalue weighted by molar-refractivity contribution is 7.16. The largest absolute Gasteiger partial charge is 0.490 e. The van der Waals surface area contributed by atoms with E-state index in [2.05, 4.69) is 10.3 Å². The van der Waals surface area contributed by atoms with Crippen LogP contribution in [0.1, 0.15) is 62.1 Å². The Morgan fingerprint density at radius 3 is 2.62 bits per heavy atom. The van der Waals surface area contributed by atoms with E-state index in [4.69, 9.17) is 4.74 Å². The van der Waals surface area contributed by atoms with Gasteiger partial charge in [0.1, 0.15) is 23.6 Å². The fraction of sp³-hybridized carbons (Fsp3) is 0.500. The number of aliphatic hydroxyl groups is 1. The van der Waals surface area contributed by atoms with Gasteiger partial charge in [0.15, 0.2) is 6.17 Å². The summed E-state index contributed by atoms with van der Waals surface area (Å²) in [4.78, 5) is 42.9. The highest BCUT2D eigenvalue weighted by Crippen LogP contribution is 2.46. The Bertz CT molecular complexity index is 1400. The van der Waals surface area contributed by atoms with Crippen LogP contribution in [0.5, 0.6) is 5.75 Å².